The van der Waals surface area contributed by atoms with Gasteiger partial charge in [-0.25, -0.2) is 0 Å². The average Bonchev–Trinajstić information content (AvgIpc) is 2.42. The monoisotopic (exact) mass is 301 g/mol. The van der Waals surface area contributed by atoms with Crippen LogP contribution in [0.1, 0.15) is 51.2 Å². The molecule has 0 bridgehead atoms. The lowest BCUT2D eigenvalue weighted by Crippen LogP contribution is -2.28. The number of hydrogen-bond acceptors (Lipinski definition) is 1. The Labute approximate surface area is 126 Å². The summed E-state index contributed by atoms with van der Waals surface area (Å²) in [4.78, 5) is 2.29. The van der Waals surface area contributed by atoms with Gasteiger partial charge in [0, 0.05) is 0 Å². The van der Waals surface area contributed by atoms with Crippen molar-refractivity contribution >= 4 is 0 Å². The summed E-state index contributed by atoms with van der Waals surface area (Å²) in [6, 6.07) is 5.57. The normalized spacial score (nSPS) is 13.0. The molecule has 0 aliphatic rings. The van der Waals surface area contributed by atoms with Crippen LogP contribution in [0.4, 0.5) is 13.2 Å². The molecule has 4 heteroatoms. The average molecular weight is 301 g/mol. The van der Waals surface area contributed by atoms with Gasteiger partial charge in [0.15, 0.2) is 0 Å². The van der Waals surface area contributed by atoms with E-state index in [-0.39, 0.29) is 5.41 Å². The van der Waals surface area contributed by atoms with Crippen LogP contribution in [-0.2, 0) is 11.6 Å². The fourth-order valence-electron chi connectivity index (χ4n) is 2.26. The molecular formula is C17H26F3N. The second-order valence-corrected chi connectivity index (χ2v) is 6.37. The van der Waals surface area contributed by atoms with E-state index in [0.29, 0.717) is 0 Å². The minimum atomic E-state index is -4.26. The zero-order valence-electron chi connectivity index (χ0n) is 13.4. The molecule has 1 nitrogen and oxygen atoms in total. The number of alkyl halides is 3. The molecule has 0 aliphatic carbocycles. The molecule has 0 saturated heterocycles. The van der Waals surface area contributed by atoms with E-state index in [1.54, 1.807) is 12.1 Å². The maximum absolute atomic E-state index is 12.6. The van der Waals surface area contributed by atoms with Crippen molar-refractivity contribution < 1.29 is 13.2 Å². The van der Waals surface area contributed by atoms with Gasteiger partial charge >= 0.3 is 6.18 Å². The summed E-state index contributed by atoms with van der Waals surface area (Å²) < 4.78 is 37.7. The van der Waals surface area contributed by atoms with Crippen LogP contribution in [0.5, 0.6) is 0 Å². The van der Waals surface area contributed by atoms with Gasteiger partial charge in [0.05, 0.1) is 5.56 Å². The summed E-state index contributed by atoms with van der Waals surface area (Å²) in [5.41, 5.74) is 0.256. The van der Waals surface area contributed by atoms with Crippen molar-refractivity contribution in [1.82, 2.24) is 4.90 Å². The van der Waals surface area contributed by atoms with Gasteiger partial charge in [-0.2, -0.15) is 13.2 Å². The molecule has 0 spiro atoms. The second kappa shape index (κ2) is 7.30. The van der Waals surface area contributed by atoms with Gasteiger partial charge in [-0.15, -0.1) is 0 Å². The highest BCUT2D eigenvalue weighted by molar-refractivity contribution is 5.29. The zero-order chi connectivity index (χ0) is 16.1. The first-order valence-corrected chi connectivity index (χ1v) is 7.53. The topological polar surface area (TPSA) is 3.24 Å². The summed E-state index contributed by atoms with van der Waals surface area (Å²) in [5.74, 6) is 0. The molecule has 0 atom stereocenters. The fourth-order valence-corrected chi connectivity index (χ4v) is 2.26. The first-order chi connectivity index (χ1) is 9.66. The quantitative estimate of drug-likeness (QED) is 0.677. The number of nitrogens with zero attached hydrogens (tertiary/aromatic N) is 1. The van der Waals surface area contributed by atoms with Gasteiger partial charge in [0.25, 0.3) is 0 Å². The summed E-state index contributed by atoms with van der Waals surface area (Å²) in [7, 11) is 2.10. The molecule has 0 N–H and O–H groups in total. The molecule has 0 heterocycles. The van der Waals surface area contributed by atoms with Crippen molar-refractivity contribution in [1.29, 1.82) is 0 Å². The van der Waals surface area contributed by atoms with Crippen molar-refractivity contribution in [3.8, 4) is 0 Å². The number of hydrogen-bond donors (Lipinski definition) is 0. The summed E-state index contributed by atoms with van der Waals surface area (Å²) in [6.45, 7) is 8.36. The molecule has 1 rings (SSSR count). The van der Waals surface area contributed by atoms with E-state index in [1.165, 1.54) is 25.0 Å². The Kier molecular flexibility index (Phi) is 6.26. The molecule has 0 amide bonds. The smallest absolute Gasteiger partial charge is 0.306 e. The number of rotatable bonds is 7. The highest BCUT2D eigenvalue weighted by atomic mass is 19.4. The number of unbranched alkanes of at least 4 members (excludes halogenated alkanes) is 1. The highest BCUT2D eigenvalue weighted by Gasteiger charge is 2.31. The predicted molar refractivity (Wildman–Crippen MR) is 81.5 cm³/mol. The van der Waals surface area contributed by atoms with Gasteiger partial charge in [-0.1, -0.05) is 39.3 Å². The lowest BCUT2D eigenvalue weighted by atomic mass is 9.81. The summed E-state index contributed by atoms with van der Waals surface area (Å²) in [6.07, 6.45) is -0.981. The Hall–Kier alpha value is -1.03. The fraction of sp³-hybridized carbons (Fsp3) is 0.647. The predicted octanol–water partition coefficient (Wildman–Crippen LogP) is 5.11. The van der Waals surface area contributed by atoms with Gasteiger partial charge in [0.2, 0.25) is 0 Å². The third kappa shape index (κ3) is 5.70. The Bertz CT molecular complexity index is 421. The minimum Gasteiger partial charge on any atom is -0.306 e. The third-order valence-electron chi connectivity index (χ3n) is 4.01. The first kappa shape index (κ1) is 18.0. The van der Waals surface area contributed by atoms with E-state index in [1.807, 2.05) is 0 Å². The van der Waals surface area contributed by atoms with E-state index < -0.39 is 11.7 Å². The lowest BCUT2D eigenvalue weighted by Gasteiger charge is -2.28. The standard InChI is InChI=1S/C17H26F3N/c1-5-6-12-21(4)13-11-16(2,3)14-7-9-15(10-8-14)17(18,19)20/h7-10H,5-6,11-13H2,1-4H3. The molecule has 0 fully saturated rings. The molecule has 0 radical (unpaired) electrons. The molecule has 0 unspecified atom stereocenters. The first-order valence-electron chi connectivity index (χ1n) is 7.53. The van der Waals surface area contributed by atoms with Gasteiger partial charge < -0.3 is 4.90 Å². The van der Waals surface area contributed by atoms with Crippen molar-refractivity contribution in [3.05, 3.63) is 35.4 Å². The lowest BCUT2D eigenvalue weighted by molar-refractivity contribution is -0.137. The molecule has 0 saturated carbocycles. The van der Waals surface area contributed by atoms with Crippen LogP contribution in [-0.4, -0.2) is 25.0 Å². The van der Waals surface area contributed by atoms with Crippen LogP contribution in [0.25, 0.3) is 0 Å². The Morgan fingerprint density at radius 2 is 1.48 bits per heavy atom. The molecule has 1 aromatic carbocycles. The van der Waals surface area contributed by atoms with E-state index in [2.05, 4.69) is 32.7 Å². The van der Waals surface area contributed by atoms with Gasteiger partial charge in [0.1, 0.15) is 0 Å². The van der Waals surface area contributed by atoms with Crippen molar-refractivity contribution in [2.45, 2.75) is 51.6 Å². The molecule has 0 aromatic heterocycles. The largest absolute Gasteiger partial charge is 0.416 e. The number of benzene rings is 1. The highest BCUT2D eigenvalue weighted by Crippen LogP contribution is 2.32. The van der Waals surface area contributed by atoms with Crippen LogP contribution < -0.4 is 0 Å². The maximum Gasteiger partial charge on any atom is 0.416 e. The summed E-state index contributed by atoms with van der Waals surface area (Å²) in [5, 5.41) is 0. The Morgan fingerprint density at radius 3 is 1.95 bits per heavy atom. The van der Waals surface area contributed by atoms with Crippen LogP contribution >= 0.6 is 0 Å². The maximum atomic E-state index is 12.6. The molecule has 21 heavy (non-hydrogen) atoms. The number of halogens is 3. The van der Waals surface area contributed by atoms with Crippen molar-refractivity contribution in [2.24, 2.45) is 0 Å². The molecule has 120 valence electrons. The SMILES string of the molecule is CCCCN(C)CCC(C)(C)c1ccc(C(F)(F)F)cc1. The van der Waals surface area contributed by atoms with Crippen molar-refractivity contribution in [2.75, 3.05) is 20.1 Å². The molecule has 1 aromatic rings. The van der Waals surface area contributed by atoms with Gasteiger partial charge in [-0.05, 0) is 56.1 Å². The van der Waals surface area contributed by atoms with E-state index in [4.69, 9.17) is 0 Å². The van der Waals surface area contributed by atoms with E-state index >= 15 is 0 Å². The zero-order valence-corrected chi connectivity index (χ0v) is 13.4. The van der Waals surface area contributed by atoms with Crippen LogP contribution in [0.2, 0.25) is 0 Å². The van der Waals surface area contributed by atoms with Crippen molar-refractivity contribution in [3.63, 3.8) is 0 Å². The van der Waals surface area contributed by atoms with Crippen LogP contribution in [0.3, 0.4) is 0 Å². The van der Waals surface area contributed by atoms with Crippen LogP contribution in [0.15, 0.2) is 24.3 Å². The third-order valence-corrected chi connectivity index (χ3v) is 4.01. The van der Waals surface area contributed by atoms with Crippen LogP contribution in [0, 0.1) is 0 Å². The summed E-state index contributed by atoms with van der Waals surface area (Å²) >= 11 is 0. The van der Waals surface area contributed by atoms with E-state index in [9.17, 15) is 13.2 Å². The Balaban J connectivity index is 2.65. The second-order valence-electron chi connectivity index (χ2n) is 6.37. The minimum absolute atomic E-state index is 0.120. The molecule has 0 aliphatic heterocycles. The molecular weight excluding hydrogens is 275 g/mol. The van der Waals surface area contributed by atoms with E-state index in [0.717, 1.165) is 25.1 Å². The Morgan fingerprint density at radius 1 is 0.952 bits per heavy atom. The van der Waals surface area contributed by atoms with Gasteiger partial charge in [-0.3, -0.25) is 0 Å².